The lowest BCUT2D eigenvalue weighted by Crippen LogP contribution is -2.14. The van der Waals surface area contributed by atoms with Gasteiger partial charge in [-0.3, -0.25) is 9.59 Å². The minimum Gasteiger partial charge on any atom is -0.285 e. The van der Waals surface area contributed by atoms with E-state index in [1.54, 1.807) is 0 Å². The van der Waals surface area contributed by atoms with Crippen molar-refractivity contribution in [3.8, 4) is 0 Å². The Bertz CT molecular complexity index is 603. The Hall–Kier alpha value is -2.36. The molecule has 0 aliphatic heterocycles. The van der Waals surface area contributed by atoms with Crippen LogP contribution >= 0.6 is 0 Å². The number of ketones is 2. The number of benzene rings is 2. The molecule has 2 aromatic carbocycles. The van der Waals surface area contributed by atoms with E-state index in [1.807, 2.05) is 0 Å². The van der Waals surface area contributed by atoms with Crippen molar-refractivity contribution in [3.05, 3.63) is 71.3 Å². The standard InChI is InChI=1S/C14H8F2O2/c15-11-6-4-9(5-7-11)13(17)14(18)10-2-1-3-12(16)8-10/h1-8H. The molecular weight excluding hydrogens is 238 g/mol. The van der Waals surface area contributed by atoms with Crippen LogP contribution in [-0.4, -0.2) is 11.6 Å². The van der Waals surface area contributed by atoms with Gasteiger partial charge in [0.2, 0.25) is 11.6 Å². The zero-order valence-electron chi connectivity index (χ0n) is 9.19. The van der Waals surface area contributed by atoms with Crippen molar-refractivity contribution in [3.63, 3.8) is 0 Å². The van der Waals surface area contributed by atoms with E-state index < -0.39 is 23.2 Å². The van der Waals surface area contributed by atoms with Crippen LogP contribution < -0.4 is 0 Å². The van der Waals surface area contributed by atoms with E-state index in [9.17, 15) is 18.4 Å². The van der Waals surface area contributed by atoms with Crippen molar-refractivity contribution in [1.29, 1.82) is 0 Å². The van der Waals surface area contributed by atoms with Gasteiger partial charge in [0.1, 0.15) is 11.6 Å². The van der Waals surface area contributed by atoms with Gasteiger partial charge < -0.3 is 0 Å². The van der Waals surface area contributed by atoms with Gasteiger partial charge in [0.25, 0.3) is 0 Å². The molecule has 0 aliphatic rings. The molecule has 0 N–H and O–H groups in total. The molecule has 2 aromatic rings. The number of carbonyl (C=O) groups is 2. The summed E-state index contributed by atoms with van der Waals surface area (Å²) in [5, 5.41) is 0. The van der Waals surface area contributed by atoms with Gasteiger partial charge in [-0.1, -0.05) is 12.1 Å². The molecule has 0 amide bonds. The molecule has 0 radical (unpaired) electrons. The maximum absolute atomic E-state index is 12.9. The first-order valence-corrected chi connectivity index (χ1v) is 5.18. The van der Waals surface area contributed by atoms with E-state index in [4.69, 9.17) is 0 Å². The normalized spacial score (nSPS) is 10.1. The topological polar surface area (TPSA) is 34.1 Å². The Morgan fingerprint density at radius 2 is 1.33 bits per heavy atom. The third kappa shape index (κ3) is 2.48. The van der Waals surface area contributed by atoms with Crippen LogP contribution in [0.4, 0.5) is 8.78 Å². The molecule has 0 fully saturated rings. The van der Waals surface area contributed by atoms with Crippen molar-refractivity contribution in [2.45, 2.75) is 0 Å². The Labute approximate surface area is 102 Å². The Morgan fingerprint density at radius 1 is 0.722 bits per heavy atom. The minimum absolute atomic E-state index is 0.0238. The van der Waals surface area contributed by atoms with Gasteiger partial charge in [0.05, 0.1) is 0 Å². The van der Waals surface area contributed by atoms with Crippen LogP contribution in [0, 0.1) is 11.6 Å². The second-order valence-corrected chi connectivity index (χ2v) is 3.68. The van der Waals surface area contributed by atoms with E-state index in [0.29, 0.717) is 0 Å². The Balaban J connectivity index is 2.29. The summed E-state index contributed by atoms with van der Waals surface area (Å²) in [4.78, 5) is 23.5. The van der Waals surface area contributed by atoms with Crippen LogP contribution in [0.5, 0.6) is 0 Å². The van der Waals surface area contributed by atoms with Crippen LogP contribution in [0.2, 0.25) is 0 Å². The first kappa shape index (κ1) is 12.1. The largest absolute Gasteiger partial charge is 0.285 e. The summed E-state index contributed by atoms with van der Waals surface area (Å²) in [5.41, 5.74) is 0.0509. The summed E-state index contributed by atoms with van der Waals surface area (Å²) in [6.07, 6.45) is 0. The van der Waals surface area contributed by atoms with Crippen molar-refractivity contribution >= 4 is 11.6 Å². The summed E-state index contributed by atoms with van der Waals surface area (Å²) in [6, 6.07) is 9.48. The van der Waals surface area contributed by atoms with Crippen molar-refractivity contribution in [2.24, 2.45) is 0 Å². The fraction of sp³-hybridized carbons (Fsp3) is 0. The number of hydrogen-bond donors (Lipinski definition) is 0. The van der Waals surface area contributed by atoms with Crippen molar-refractivity contribution in [2.75, 3.05) is 0 Å². The third-order valence-corrected chi connectivity index (χ3v) is 2.40. The van der Waals surface area contributed by atoms with Crippen molar-refractivity contribution in [1.82, 2.24) is 0 Å². The molecule has 0 unspecified atom stereocenters. The number of Topliss-reactive ketones (excluding diaryl/α,β-unsaturated/α-hetero) is 2. The third-order valence-electron chi connectivity index (χ3n) is 2.40. The van der Waals surface area contributed by atoms with Gasteiger partial charge in [-0.15, -0.1) is 0 Å². The Morgan fingerprint density at radius 3 is 1.94 bits per heavy atom. The summed E-state index contributed by atoms with van der Waals surface area (Å²) in [7, 11) is 0. The highest BCUT2D eigenvalue weighted by atomic mass is 19.1. The van der Waals surface area contributed by atoms with Gasteiger partial charge in [-0.25, -0.2) is 8.78 Å². The van der Waals surface area contributed by atoms with Gasteiger partial charge in [0.15, 0.2) is 0 Å². The summed E-state index contributed by atoms with van der Waals surface area (Å²) >= 11 is 0. The van der Waals surface area contributed by atoms with Crippen LogP contribution in [0.1, 0.15) is 20.7 Å². The highest BCUT2D eigenvalue weighted by molar-refractivity contribution is 6.49. The second kappa shape index (κ2) is 4.87. The van der Waals surface area contributed by atoms with Crippen LogP contribution in [-0.2, 0) is 0 Å². The first-order chi connectivity index (χ1) is 8.58. The molecule has 0 atom stereocenters. The molecule has 0 saturated carbocycles. The number of carbonyl (C=O) groups excluding carboxylic acids is 2. The predicted octanol–water partition coefficient (Wildman–Crippen LogP) is 3.03. The highest BCUT2D eigenvalue weighted by Gasteiger charge is 2.18. The monoisotopic (exact) mass is 246 g/mol. The molecular formula is C14H8F2O2. The lowest BCUT2D eigenvalue weighted by molar-refractivity contribution is 0.0816. The first-order valence-electron chi connectivity index (χ1n) is 5.18. The lowest BCUT2D eigenvalue weighted by Gasteiger charge is -2.01. The molecule has 18 heavy (non-hydrogen) atoms. The molecule has 2 nitrogen and oxygen atoms in total. The van der Waals surface area contributed by atoms with E-state index in [1.165, 1.54) is 30.3 Å². The predicted molar refractivity (Wildman–Crippen MR) is 61.5 cm³/mol. The van der Waals surface area contributed by atoms with Gasteiger partial charge in [-0.05, 0) is 36.4 Å². The Kier molecular flexibility index (Phi) is 3.28. The summed E-state index contributed by atoms with van der Waals surface area (Å²) < 4.78 is 25.6. The fourth-order valence-electron chi connectivity index (χ4n) is 1.49. The van der Waals surface area contributed by atoms with E-state index >= 15 is 0 Å². The molecule has 0 spiro atoms. The van der Waals surface area contributed by atoms with Gasteiger partial charge in [-0.2, -0.15) is 0 Å². The molecule has 0 aromatic heterocycles. The zero-order chi connectivity index (χ0) is 13.1. The van der Waals surface area contributed by atoms with E-state index in [-0.39, 0.29) is 11.1 Å². The molecule has 0 saturated heterocycles. The lowest BCUT2D eigenvalue weighted by atomic mass is 10.0. The maximum Gasteiger partial charge on any atom is 0.233 e. The molecule has 4 heteroatoms. The molecule has 0 bridgehead atoms. The van der Waals surface area contributed by atoms with Crippen molar-refractivity contribution < 1.29 is 18.4 Å². The number of hydrogen-bond acceptors (Lipinski definition) is 2. The zero-order valence-corrected chi connectivity index (χ0v) is 9.19. The molecule has 2 rings (SSSR count). The number of rotatable bonds is 3. The maximum atomic E-state index is 12.9. The van der Waals surface area contributed by atoms with Crippen LogP contribution in [0.3, 0.4) is 0 Å². The summed E-state index contributed by atoms with van der Waals surface area (Å²) in [6.45, 7) is 0. The second-order valence-electron chi connectivity index (χ2n) is 3.68. The smallest absolute Gasteiger partial charge is 0.233 e. The van der Waals surface area contributed by atoms with Gasteiger partial charge in [0, 0.05) is 11.1 Å². The quantitative estimate of drug-likeness (QED) is 0.616. The SMILES string of the molecule is O=C(C(=O)c1cccc(F)c1)c1ccc(F)cc1. The average molecular weight is 246 g/mol. The molecule has 0 aliphatic carbocycles. The average Bonchev–Trinajstić information content (AvgIpc) is 2.38. The highest BCUT2D eigenvalue weighted by Crippen LogP contribution is 2.10. The van der Waals surface area contributed by atoms with Crippen LogP contribution in [0.25, 0.3) is 0 Å². The molecule has 90 valence electrons. The van der Waals surface area contributed by atoms with Gasteiger partial charge >= 0.3 is 0 Å². The molecule has 0 heterocycles. The number of halogens is 2. The minimum atomic E-state index is -0.818. The van der Waals surface area contributed by atoms with E-state index in [2.05, 4.69) is 0 Å². The summed E-state index contributed by atoms with van der Waals surface area (Å²) in [5.74, 6) is -2.70. The van der Waals surface area contributed by atoms with E-state index in [0.717, 1.165) is 18.2 Å². The fourth-order valence-corrected chi connectivity index (χ4v) is 1.49. The van der Waals surface area contributed by atoms with Crippen LogP contribution in [0.15, 0.2) is 48.5 Å².